The first kappa shape index (κ1) is 16.8. The van der Waals surface area contributed by atoms with E-state index in [1.165, 1.54) is 11.0 Å². The first-order valence-corrected chi connectivity index (χ1v) is 8.00. The SMILES string of the molecule is CN(Cc1ccccc1F)C(=O)CCc1nc2ccccc2c(=O)[nH]1. The minimum Gasteiger partial charge on any atom is -0.341 e. The summed E-state index contributed by atoms with van der Waals surface area (Å²) in [6, 6.07) is 13.4. The quantitative estimate of drug-likeness (QED) is 0.777. The fourth-order valence-electron chi connectivity index (χ4n) is 2.64. The largest absolute Gasteiger partial charge is 0.341 e. The summed E-state index contributed by atoms with van der Waals surface area (Å²) >= 11 is 0. The van der Waals surface area contributed by atoms with E-state index >= 15 is 0 Å². The van der Waals surface area contributed by atoms with Gasteiger partial charge in [0.05, 0.1) is 10.9 Å². The van der Waals surface area contributed by atoms with Crippen LogP contribution in [0.1, 0.15) is 17.8 Å². The van der Waals surface area contributed by atoms with Gasteiger partial charge < -0.3 is 9.88 Å². The zero-order valence-corrected chi connectivity index (χ0v) is 13.8. The van der Waals surface area contributed by atoms with Crippen molar-refractivity contribution in [1.29, 1.82) is 0 Å². The maximum Gasteiger partial charge on any atom is 0.258 e. The molecule has 3 aromatic rings. The van der Waals surface area contributed by atoms with Crippen LogP contribution in [0.2, 0.25) is 0 Å². The highest BCUT2D eigenvalue weighted by molar-refractivity contribution is 5.78. The molecule has 2 aromatic carbocycles. The number of carbonyl (C=O) groups excluding carboxylic acids is 1. The maximum absolute atomic E-state index is 13.7. The zero-order chi connectivity index (χ0) is 17.8. The minimum atomic E-state index is -0.331. The van der Waals surface area contributed by atoms with E-state index in [1.54, 1.807) is 43.4 Å². The highest BCUT2D eigenvalue weighted by Crippen LogP contribution is 2.11. The van der Waals surface area contributed by atoms with Crippen molar-refractivity contribution in [3.05, 3.63) is 76.1 Å². The summed E-state index contributed by atoms with van der Waals surface area (Å²) in [6.45, 7) is 0.202. The Labute approximate surface area is 144 Å². The molecule has 0 bridgehead atoms. The first-order chi connectivity index (χ1) is 12.0. The third kappa shape index (κ3) is 3.91. The zero-order valence-electron chi connectivity index (χ0n) is 13.8. The molecule has 25 heavy (non-hydrogen) atoms. The van der Waals surface area contributed by atoms with Crippen molar-refractivity contribution in [2.75, 3.05) is 7.05 Å². The smallest absolute Gasteiger partial charge is 0.258 e. The molecule has 128 valence electrons. The van der Waals surface area contributed by atoms with E-state index in [9.17, 15) is 14.0 Å². The van der Waals surface area contributed by atoms with E-state index < -0.39 is 0 Å². The highest BCUT2D eigenvalue weighted by atomic mass is 19.1. The lowest BCUT2D eigenvalue weighted by atomic mass is 10.2. The Morgan fingerprint density at radius 2 is 1.88 bits per heavy atom. The van der Waals surface area contributed by atoms with Gasteiger partial charge in [-0.25, -0.2) is 9.37 Å². The number of rotatable bonds is 5. The number of hydrogen-bond donors (Lipinski definition) is 1. The maximum atomic E-state index is 13.7. The molecule has 1 amide bonds. The van der Waals surface area contributed by atoms with Gasteiger partial charge in [0.15, 0.2) is 0 Å². The molecule has 0 fully saturated rings. The lowest BCUT2D eigenvalue weighted by molar-refractivity contribution is -0.130. The molecule has 5 nitrogen and oxygen atoms in total. The van der Waals surface area contributed by atoms with Gasteiger partial charge in [-0.2, -0.15) is 0 Å². The average molecular weight is 339 g/mol. The normalized spacial score (nSPS) is 10.8. The van der Waals surface area contributed by atoms with Gasteiger partial charge in [-0.15, -0.1) is 0 Å². The Balaban J connectivity index is 1.66. The number of hydrogen-bond acceptors (Lipinski definition) is 3. The van der Waals surface area contributed by atoms with Crippen LogP contribution in [0.4, 0.5) is 4.39 Å². The highest BCUT2D eigenvalue weighted by Gasteiger charge is 2.13. The number of aromatic amines is 1. The van der Waals surface area contributed by atoms with Gasteiger partial charge in [-0.05, 0) is 18.2 Å². The van der Waals surface area contributed by atoms with Crippen molar-refractivity contribution < 1.29 is 9.18 Å². The van der Waals surface area contributed by atoms with Crippen molar-refractivity contribution in [3.8, 4) is 0 Å². The lowest BCUT2D eigenvalue weighted by Gasteiger charge is -2.17. The number of aromatic nitrogens is 2. The average Bonchev–Trinajstić information content (AvgIpc) is 2.61. The number of halogens is 1. The molecule has 6 heteroatoms. The summed E-state index contributed by atoms with van der Waals surface area (Å²) in [5.41, 5.74) is 0.858. The van der Waals surface area contributed by atoms with E-state index in [4.69, 9.17) is 0 Å². The summed E-state index contributed by atoms with van der Waals surface area (Å²) in [4.78, 5) is 32.8. The Hall–Kier alpha value is -3.02. The third-order valence-corrected chi connectivity index (χ3v) is 4.03. The molecular weight excluding hydrogens is 321 g/mol. The number of fused-ring (bicyclic) bond motifs is 1. The molecule has 1 heterocycles. The van der Waals surface area contributed by atoms with Crippen LogP contribution < -0.4 is 5.56 Å². The molecule has 0 spiro atoms. The molecule has 1 N–H and O–H groups in total. The molecule has 0 atom stereocenters. The van der Waals surface area contributed by atoms with Crippen LogP contribution in [0, 0.1) is 5.82 Å². The fourth-order valence-corrected chi connectivity index (χ4v) is 2.64. The van der Waals surface area contributed by atoms with Crippen LogP contribution >= 0.6 is 0 Å². The molecule has 3 rings (SSSR count). The Bertz CT molecular complexity index is 968. The van der Waals surface area contributed by atoms with Gasteiger partial charge in [0.2, 0.25) is 5.91 Å². The second-order valence-electron chi connectivity index (χ2n) is 5.87. The minimum absolute atomic E-state index is 0.140. The molecule has 0 saturated heterocycles. The van der Waals surface area contributed by atoms with Crippen LogP contribution in [-0.2, 0) is 17.8 Å². The van der Waals surface area contributed by atoms with Gasteiger partial charge >= 0.3 is 0 Å². The molecule has 0 aliphatic carbocycles. The van der Waals surface area contributed by atoms with Crippen LogP contribution in [-0.4, -0.2) is 27.8 Å². The predicted molar refractivity (Wildman–Crippen MR) is 93.6 cm³/mol. The number of carbonyl (C=O) groups is 1. The van der Waals surface area contributed by atoms with Crippen molar-refractivity contribution in [3.63, 3.8) is 0 Å². The Morgan fingerprint density at radius 1 is 1.16 bits per heavy atom. The summed E-state index contributed by atoms with van der Waals surface area (Å²) in [7, 11) is 1.63. The molecule has 0 saturated carbocycles. The van der Waals surface area contributed by atoms with E-state index in [-0.39, 0.29) is 30.2 Å². The van der Waals surface area contributed by atoms with Gasteiger partial charge in [0.1, 0.15) is 11.6 Å². The van der Waals surface area contributed by atoms with E-state index in [2.05, 4.69) is 9.97 Å². The van der Waals surface area contributed by atoms with Crippen molar-refractivity contribution in [2.45, 2.75) is 19.4 Å². The van der Waals surface area contributed by atoms with Crippen LogP contribution in [0.3, 0.4) is 0 Å². The van der Waals surface area contributed by atoms with E-state index in [1.807, 2.05) is 6.07 Å². The fraction of sp³-hybridized carbons (Fsp3) is 0.211. The second kappa shape index (κ2) is 7.25. The van der Waals surface area contributed by atoms with Gasteiger partial charge in [-0.1, -0.05) is 30.3 Å². The van der Waals surface area contributed by atoms with Crippen LogP contribution in [0.25, 0.3) is 10.9 Å². The number of benzene rings is 2. The number of H-pyrrole nitrogens is 1. The number of aryl methyl sites for hydroxylation is 1. The van der Waals surface area contributed by atoms with Crippen LogP contribution in [0.5, 0.6) is 0 Å². The number of nitrogens with zero attached hydrogens (tertiary/aromatic N) is 2. The Kier molecular flexibility index (Phi) is 4.88. The lowest BCUT2D eigenvalue weighted by Crippen LogP contribution is -2.27. The molecule has 0 unspecified atom stereocenters. The van der Waals surface area contributed by atoms with Gasteiger partial charge in [0, 0.05) is 32.0 Å². The summed E-state index contributed by atoms with van der Waals surface area (Å²) in [5.74, 6) is -0.00178. The number of para-hydroxylation sites is 1. The molecule has 0 aliphatic rings. The van der Waals surface area contributed by atoms with Crippen molar-refractivity contribution in [2.24, 2.45) is 0 Å². The number of nitrogens with one attached hydrogen (secondary N) is 1. The predicted octanol–water partition coefficient (Wildman–Crippen LogP) is 2.65. The molecule has 0 aliphatic heterocycles. The second-order valence-corrected chi connectivity index (χ2v) is 5.87. The van der Waals surface area contributed by atoms with Crippen LogP contribution in [0.15, 0.2) is 53.3 Å². The van der Waals surface area contributed by atoms with Gasteiger partial charge in [0.25, 0.3) is 5.56 Å². The standard InChI is InChI=1S/C19H18FN3O2/c1-23(12-13-6-2-4-8-15(13)20)18(24)11-10-17-21-16-9-5-3-7-14(16)19(25)22-17/h2-9H,10-12H2,1H3,(H,21,22,25). The summed E-state index contributed by atoms with van der Waals surface area (Å²) < 4.78 is 13.7. The van der Waals surface area contributed by atoms with Crippen molar-refractivity contribution >= 4 is 16.8 Å². The molecular formula is C19H18FN3O2. The number of amides is 1. The monoisotopic (exact) mass is 339 g/mol. The topological polar surface area (TPSA) is 66.1 Å². The van der Waals surface area contributed by atoms with E-state index in [0.29, 0.717) is 28.7 Å². The first-order valence-electron chi connectivity index (χ1n) is 8.00. The van der Waals surface area contributed by atoms with Gasteiger partial charge in [-0.3, -0.25) is 9.59 Å². The molecule has 0 radical (unpaired) electrons. The van der Waals surface area contributed by atoms with Crippen molar-refractivity contribution in [1.82, 2.24) is 14.9 Å². The third-order valence-electron chi connectivity index (χ3n) is 4.03. The molecule has 1 aromatic heterocycles. The van der Waals surface area contributed by atoms with E-state index in [0.717, 1.165) is 0 Å². The summed E-state index contributed by atoms with van der Waals surface area (Å²) in [5, 5.41) is 0.522. The summed E-state index contributed by atoms with van der Waals surface area (Å²) in [6.07, 6.45) is 0.507. The Morgan fingerprint density at radius 3 is 2.68 bits per heavy atom.